The Bertz CT molecular complexity index is 709. The number of nitrogens with zero attached hydrogens (tertiary/aromatic N) is 5. The van der Waals surface area contributed by atoms with E-state index in [1.807, 2.05) is 24.3 Å². The minimum absolute atomic E-state index is 0.481. The summed E-state index contributed by atoms with van der Waals surface area (Å²) in [6, 6.07) is 11.6. The summed E-state index contributed by atoms with van der Waals surface area (Å²) in [7, 11) is 0. The van der Waals surface area contributed by atoms with Crippen LogP contribution in [0.25, 0.3) is 16.7 Å². The van der Waals surface area contributed by atoms with Gasteiger partial charge in [-0.1, -0.05) is 18.2 Å². The average Bonchev–Trinajstić information content (AvgIpc) is 2.91. The molecule has 0 radical (unpaired) electrons. The Morgan fingerprint density at radius 2 is 2.12 bits per heavy atom. The summed E-state index contributed by atoms with van der Waals surface area (Å²) in [5.41, 5.74) is 1.31. The van der Waals surface area contributed by atoms with Crippen molar-refractivity contribution in [3.05, 3.63) is 48.5 Å². The topological polar surface area (TPSA) is 67.4 Å². The van der Waals surface area contributed by atoms with Crippen LogP contribution in [-0.4, -0.2) is 19.7 Å². The normalized spacial score (nSPS) is 10.3. The number of rotatable bonds is 1. The van der Waals surface area contributed by atoms with E-state index in [9.17, 15) is 0 Å². The lowest BCUT2D eigenvalue weighted by molar-refractivity contribution is 0.847. The first-order chi connectivity index (χ1) is 8.38. The first-order valence-electron chi connectivity index (χ1n) is 5.03. The van der Waals surface area contributed by atoms with E-state index >= 15 is 0 Å². The van der Waals surface area contributed by atoms with Crippen molar-refractivity contribution in [2.24, 2.45) is 0 Å². The number of hydrogen-bond donors (Lipinski definition) is 0. The number of para-hydroxylation sites is 1. The van der Waals surface area contributed by atoms with E-state index in [4.69, 9.17) is 5.26 Å². The summed E-state index contributed by atoms with van der Waals surface area (Å²) in [5, 5.41) is 14.1. The summed E-state index contributed by atoms with van der Waals surface area (Å²) in [6.07, 6.45) is 2.94. The van der Waals surface area contributed by atoms with Crippen molar-refractivity contribution < 1.29 is 0 Å². The predicted octanol–water partition coefficient (Wildman–Crippen LogP) is 1.69. The second-order valence-electron chi connectivity index (χ2n) is 3.50. The molecule has 5 nitrogen and oxygen atoms in total. The Morgan fingerprint density at radius 1 is 1.24 bits per heavy atom. The molecule has 0 saturated heterocycles. The highest BCUT2D eigenvalue weighted by Crippen LogP contribution is 2.18. The minimum atomic E-state index is 0.481. The quantitative estimate of drug-likeness (QED) is 0.627. The molecule has 2 heterocycles. The van der Waals surface area contributed by atoms with E-state index in [1.54, 1.807) is 6.07 Å². The van der Waals surface area contributed by atoms with Gasteiger partial charge in [-0.25, -0.2) is 14.6 Å². The number of benzene rings is 1. The molecule has 0 N–H and O–H groups in total. The highest BCUT2D eigenvalue weighted by Gasteiger charge is 2.08. The predicted molar refractivity (Wildman–Crippen MR) is 61.4 cm³/mol. The first-order valence-corrected chi connectivity index (χ1v) is 5.03. The Hall–Kier alpha value is -2.74. The maximum atomic E-state index is 9.13. The highest BCUT2D eigenvalue weighted by atomic mass is 15.3. The van der Waals surface area contributed by atoms with Crippen LogP contribution in [0.1, 0.15) is 5.56 Å². The summed E-state index contributed by atoms with van der Waals surface area (Å²) >= 11 is 0. The Kier molecular flexibility index (Phi) is 2.06. The van der Waals surface area contributed by atoms with Crippen molar-refractivity contribution in [1.82, 2.24) is 19.7 Å². The zero-order chi connectivity index (χ0) is 11.7. The van der Waals surface area contributed by atoms with Crippen molar-refractivity contribution in [1.29, 1.82) is 5.26 Å². The van der Waals surface area contributed by atoms with E-state index in [2.05, 4.69) is 21.1 Å². The van der Waals surface area contributed by atoms with Gasteiger partial charge in [0.05, 0.1) is 11.1 Å². The van der Waals surface area contributed by atoms with Crippen LogP contribution >= 0.6 is 0 Å². The molecule has 0 saturated carbocycles. The molecule has 0 aliphatic heterocycles. The van der Waals surface area contributed by atoms with Gasteiger partial charge in [0.1, 0.15) is 18.7 Å². The Balaban J connectivity index is 2.34. The minimum Gasteiger partial charge on any atom is -0.227 e. The summed E-state index contributed by atoms with van der Waals surface area (Å²) in [6.45, 7) is 0. The second-order valence-corrected chi connectivity index (χ2v) is 3.50. The van der Waals surface area contributed by atoms with Gasteiger partial charge in [-0.15, -0.1) is 0 Å². The van der Waals surface area contributed by atoms with Gasteiger partial charge in [-0.2, -0.15) is 10.4 Å². The van der Waals surface area contributed by atoms with E-state index in [0.717, 1.165) is 10.9 Å². The maximum Gasteiger partial charge on any atom is 0.173 e. The van der Waals surface area contributed by atoms with E-state index < -0.39 is 0 Å². The molecule has 0 bridgehead atoms. The van der Waals surface area contributed by atoms with Crippen molar-refractivity contribution in [2.75, 3.05) is 0 Å². The molecular weight excluding hydrogens is 214 g/mol. The van der Waals surface area contributed by atoms with Crippen LogP contribution in [0.15, 0.2) is 43.0 Å². The van der Waals surface area contributed by atoms with Crippen molar-refractivity contribution in [3.63, 3.8) is 0 Å². The molecule has 0 aliphatic carbocycles. The SMILES string of the molecule is N#Cc1cc2ccccc2nc1-n1cncn1. The number of aromatic nitrogens is 4. The molecule has 3 rings (SSSR count). The molecule has 80 valence electrons. The van der Waals surface area contributed by atoms with Gasteiger partial charge in [0.15, 0.2) is 5.82 Å². The Labute approximate surface area is 97.0 Å². The van der Waals surface area contributed by atoms with Crippen LogP contribution in [0.2, 0.25) is 0 Å². The third-order valence-corrected chi connectivity index (χ3v) is 2.46. The lowest BCUT2D eigenvalue weighted by atomic mass is 10.1. The summed E-state index contributed by atoms with van der Waals surface area (Å²) in [4.78, 5) is 8.28. The summed E-state index contributed by atoms with van der Waals surface area (Å²) < 4.78 is 1.49. The third kappa shape index (κ3) is 1.52. The number of fused-ring (bicyclic) bond motifs is 1. The third-order valence-electron chi connectivity index (χ3n) is 2.46. The van der Waals surface area contributed by atoms with Gasteiger partial charge in [-0.05, 0) is 12.1 Å². The van der Waals surface area contributed by atoms with Gasteiger partial charge in [0, 0.05) is 5.39 Å². The van der Waals surface area contributed by atoms with Crippen LogP contribution in [-0.2, 0) is 0 Å². The van der Waals surface area contributed by atoms with Crippen molar-refractivity contribution >= 4 is 10.9 Å². The zero-order valence-corrected chi connectivity index (χ0v) is 8.78. The molecule has 2 aromatic heterocycles. The fourth-order valence-electron chi connectivity index (χ4n) is 1.68. The molecule has 0 fully saturated rings. The highest BCUT2D eigenvalue weighted by molar-refractivity contribution is 5.81. The van der Waals surface area contributed by atoms with Gasteiger partial charge in [-0.3, -0.25) is 0 Å². The molecule has 3 aromatic rings. The Morgan fingerprint density at radius 3 is 2.88 bits per heavy atom. The molecule has 0 aliphatic rings. The number of hydrogen-bond acceptors (Lipinski definition) is 4. The second kappa shape index (κ2) is 3.68. The smallest absolute Gasteiger partial charge is 0.173 e. The zero-order valence-electron chi connectivity index (χ0n) is 8.78. The monoisotopic (exact) mass is 221 g/mol. The first kappa shape index (κ1) is 9.48. The van der Waals surface area contributed by atoms with Gasteiger partial charge < -0.3 is 0 Å². The molecular formula is C12H7N5. The standard InChI is InChI=1S/C12H7N5/c13-6-10-5-9-3-1-2-4-11(9)16-12(10)17-8-14-7-15-17/h1-5,7-8H. The van der Waals surface area contributed by atoms with Crippen LogP contribution in [0, 0.1) is 11.3 Å². The molecule has 17 heavy (non-hydrogen) atoms. The van der Waals surface area contributed by atoms with Gasteiger partial charge >= 0.3 is 0 Å². The van der Waals surface area contributed by atoms with Crippen molar-refractivity contribution in [2.45, 2.75) is 0 Å². The van der Waals surface area contributed by atoms with Crippen LogP contribution in [0.4, 0.5) is 0 Å². The molecule has 0 unspecified atom stereocenters. The van der Waals surface area contributed by atoms with Crippen LogP contribution < -0.4 is 0 Å². The molecule has 0 amide bonds. The molecule has 1 aromatic carbocycles. The van der Waals surface area contributed by atoms with E-state index in [1.165, 1.54) is 17.3 Å². The number of pyridine rings is 1. The van der Waals surface area contributed by atoms with Crippen LogP contribution in [0.3, 0.4) is 0 Å². The van der Waals surface area contributed by atoms with E-state index in [-0.39, 0.29) is 0 Å². The average molecular weight is 221 g/mol. The number of nitriles is 1. The van der Waals surface area contributed by atoms with Gasteiger partial charge in [0.25, 0.3) is 0 Å². The van der Waals surface area contributed by atoms with E-state index in [0.29, 0.717) is 11.4 Å². The molecule has 0 spiro atoms. The molecule has 5 heteroatoms. The largest absolute Gasteiger partial charge is 0.227 e. The lowest BCUT2D eigenvalue weighted by Crippen LogP contribution is -2.01. The summed E-state index contributed by atoms with van der Waals surface area (Å²) in [5.74, 6) is 0.503. The van der Waals surface area contributed by atoms with Gasteiger partial charge in [0.2, 0.25) is 0 Å². The molecule has 0 atom stereocenters. The van der Waals surface area contributed by atoms with Crippen molar-refractivity contribution in [3.8, 4) is 11.9 Å². The lowest BCUT2D eigenvalue weighted by Gasteiger charge is -2.04. The maximum absolute atomic E-state index is 9.13. The fraction of sp³-hybridized carbons (Fsp3) is 0. The fourth-order valence-corrected chi connectivity index (χ4v) is 1.68. The van der Waals surface area contributed by atoms with Crippen LogP contribution in [0.5, 0.6) is 0 Å².